The van der Waals surface area contributed by atoms with Crippen LogP contribution in [-0.4, -0.2) is 43.6 Å². The van der Waals surface area contributed by atoms with Crippen molar-refractivity contribution in [2.24, 2.45) is 12.0 Å². The van der Waals surface area contributed by atoms with E-state index in [0.717, 1.165) is 29.2 Å². The molecule has 29 heavy (non-hydrogen) atoms. The van der Waals surface area contributed by atoms with Crippen molar-refractivity contribution < 1.29 is 13.2 Å². The first-order valence-electron chi connectivity index (χ1n) is 9.18. The van der Waals surface area contributed by atoms with Crippen LogP contribution in [0.3, 0.4) is 0 Å². The minimum Gasteiger partial charge on any atom is -0.352 e. The molecule has 2 aromatic heterocycles. The van der Waals surface area contributed by atoms with Crippen LogP contribution in [0.2, 0.25) is 0 Å². The summed E-state index contributed by atoms with van der Waals surface area (Å²) in [4.78, 5) is 8.68. The maximum absolute atomic E-state index is 13.1. The molecule has 0 amide bonds. The average Bonchev–Trinajstić information content (AvgIpc) is 3.21. The molecule has 1 atom stereocenters. The molecule has 0 aromatic carbocycles. The summed E-state index contributed by atoms with van der Waals surface area (Å²) in [5.74, 6) is 2.50. The maximum Gasteiger partial charge on any atom is 0.435 e. The zero-order valence-corrected chi connectivity index (χ0v) is 19.1. The summed E-state index contributed by atoms with van der Waals surface area (Å²) in [7, 11) is 3.05. The van der Waals surface area contributed by atoms with E-state index in [9.17, 15) is 13.2 Å². The number of rotatable bonds is 4. The van der Waals surface area contributed by atoms with Crippen LogP contribution in [0, 0.1) is 0 Å². The average molecular weight is 526 g/mol. The number of guanidine groups is 1. The smallest absolute Gasteiger partial charge is 0.352 e. The topological polar surface area (TPSA) is 84.9 Å². The van der Waals surface area contributed by atoms with E-state index in [4.69, 9.17) is 0 Å². The summed E-state index contributed by atoms with van der Waals surface area (Å²) in [5.41, 5.74) is -0.814. The van der Waals surface area contributed by atoms with Crippen LogP contribution in [0.4, 0.5) is 13.2 Å². The highest BCUT2D eigenvalue weighted by Crippen LogP contribution is 2.30. The molecule has 0 saturated heterocycles. The first-order chi connectivity index (χ1) is 13.2. The number of aryl methyl sites for hydroxylation is 2. The van der Waals surface area contributed by atoms with Crippen LogP contribution < -0.4 is 10.6 Å². The highest BCUT2D eigenvalue weighted by molar-refractivity contribution is 14.0. The zero-order valence-electron chi connectivity index (χ0n) is 16.8. The molecule has 162 valence electrons. The van der Waals surface area contributed by atoms with Crippen molar-refractivity contribution in [3.05, 3.63) is 29.1 Å². The van der Waals surface area contributed by atoms with Gasteiger partial charge in [0.15, 0.2) is 17.5 Å². The van der Waals surface area contributed by atoms with Gasteiger partial charge < -0.3 is 10.6 Å². The molecule has 12 heteroatoms. The lowest BCUT2D eigenvalue weighted by Crippen LogP contribution is -2.46. The van der Waals surface area contributed by atoms with Gasteiger partial charge in [0.25, 0.3) is 0 Å². The molecule has 0 spiro atoms. The van der Waals surface area contributed by atoms with Crippen molar-refractivity contribution in [3.8, 4) is 0 Å². The third-order valence-corrected chi connectivity index (χ3v) is 4.57. The fourth-order valence-corrected chi connectivity index (χ4v) is 3.16. The van der Waals surface area contributed by atoms with Gasteiger partial charge in [-0.1, -0.05) is 13.8 Å². The Labute approximate surface area is 184 Å². The number of alkyl halides is 3. The second-order valence-electron chi connectivity index (χ2n) is 7.20. The van der Waals surface area contributed by atoms with Crippen LogP contribution in [0.5, 0.6) is 0 Å². The van der Waals surface area contributed by atoms with Crippen LogP contribution >= 0.6 is 24.0 Å². The quantitative estimate of drug-likeness (QED) is 0.364. The van der Waals surface area contributed by atoms with Gasteiger partial charge in [0.1, 0.15) is 5.82 Å². The van der Waals surface area contributed by atoms with Crippen LogP contribution in [0.25, 0.3) is 0 Å². The molecule has 2 aromatic rings. The molecule has 0 bridgehead atoms. The maximum atomic E-state index is 13.1. The normalized spacial score (nSPS) is 17.1. The second-order valence-corrected chi connectivity index (χ2v) is 7.20. The molecule has 1 aliphatic rings. The predicted molar refractivity (Wildman–Crippen MR) is 113 cm³/mol. The van der Waals surface area contributed by atoms with Gasteiger partial charge in [0, 0.05) is 50.8 Å². The van der Waals surface area contributed by atoms with Gasteiger partial charge >= 0.3 is 6.18 Å². The third kappa shape index (κ3) is 5.60. The number of aromatic nitrogens is 5. The molecule has 0 aliphatic carbocycles. The summed E-state index contributed by atoms with van der Waals surface area (Å²) >= 11 is 0. The molecule has 1 aliphatic heterocycles. The van der Waals surface area contributed by atoms with E-state index >= 15 is 0 Å². The predicted octanol–water partition coefficient (Wildman–Crippen LogP) is 2.45. The van der Waals surface area contributed by atoms with Crippen molar-refractivity contribution in [2.75, 3.05) is 7.05 Å². The molecule has 0 fully saturated rings. The number of fused-ring (bicyclic) bond motifs is 1. The van der Waals surface area contributed by atoms with Crippen LogP contribution in [-0.2, 0) is 32.7 Å². The van der Waals surface area contributed by atoms with Crippen molar-refractivity contribution in [3.63, 3.8) is 0 Å². The molecule has 0 saturated carbocycles. The molecule has 2 N–H and O–H groups in total. The second kappa shape index (κ2) is 9.30. The summed E-state index contributed by atoms with van der Waals surface area (Å²) in [6.45, 7) is 4.71. The number of nitrogens with one attached hydrogen (secondary N) is 2. The number of nitrogens with zero attached hydrogens (tertiary/aromatic N) is 6. The molecule has 3 heterocycles. The Morgan fingerprint density at radius 2 is 2.07 bits per heavy atom. The van der Waals surface area contributed by atoms with E-state index in [2.05, 4.69) is 44.7 Å². The largest absolute Gasteiger partial charge is 0.435 e. The Bertz CT molecular complexity index is 855. The van der Waals surface area contributed by atoms with E-state index in [1.54, 1.807) is 7.05 Å². The number of hydrogen-bond acceptors (Lipinski definition) is 4. The molecule has 3 rings (SSSR count). The minimum atomic E-state index is -4.49. The van der Waals surface area contributed by atoms with E-state index in [1.807, 2.05) is 4.68 Å². The lowest BCUT2D eigenvalue weighted by atomic mass is 10.1. The Balaban J connectivity index is 0.00000300. The minimum absolute atomic E-state index is 0. The van der Waals surface area contributed by atoms with E-state index < -0.39 is 11.9 Å². The Morgan fingerprint density at radius 1 is 1.34 bits per heavy atom. The van der Waals surface area contributed by atoms with Gasteiger partial charge in [0.05, 0.1) is 6.54 Å². The zero-order chi connectivity index (χ0) is 20.5. The number of aliphatic imine (C=N–C) groups is 1. The molecular formula is C17H26F3IN8. The van der Waals surface area contributed by atoms with Gasteiger partial charge in [0.2, 0.25) is 0 Å². The van der Waals surface area contributed by atoms with Crippen molar-refractivity contribution in [1.29, 1.82) is 0 Å². The highest BCUT2D eigenvalue weighted by Gasteiger charge is 2.36. The fraction of sp³-hybridized carbons (Fsp3) is 0.647. The Hall–Kier alpha value is -1.86. The summed E-state index contributed by atoms with van der Waals surface area (Å²) in [5, 5.41) is 14.3. The molecule has 0 radical (unpaired) electrons. The Morgan fingerprint density at radius 3 is 2.69 bits per heavy atom. The van der Waals surface area contributed by atoms with Crippen LogP contribution in [0.1, 0.15) is 49.1 Å². The third-order valence-electron chi connectivity index (χ3n) is 4.57. The van der Waals surface area contributed by atoms with Crippen LogP contribution in [0.15, 0.2) is 11.2 Å². The summed E-state index contributed by atoms with van der Waals surface area (Å²) in [6, 6.07) is 0.0661. The lowest BCUT2D eigenvalue weighted by Gasteiger charge is -2.25. The fourth-order valence-electron chi connectivity index (χ4n) is 3.16. The molecule has 8 nitrogen and oxygen atoms in total. The summed E-state index contributed by atoms with van der Waals surface area (Å²) < 4.78 is 42.3. The number of halogens is 4. The monoisotopic (exact) mass is 526 g/mol. The van der Waals surface area contributed by atoms with Gasteiger partial charge in [-0.3, -0.25) is 9.67 Å². The summed E-state index contributed by atoms with van der Waals surface area (Å²) in [6.07, 6.45) is -1.50. The molecule has 1 unspecified atom stereocenters. The Kier molecular flexibility index (Phi) is 7.51. The first-order valence-corrected chi connectivity index (χ1v) is 9.18. The molecular weight excluding hydrogens is 500 g/mol. The van der Waals surface area contributed by atoms with Gasteiger partial charge in [-0.25, -0.2) is 9.67 Å². The van der Waals surface area contributed by atoms with Crippen molar-refractivity contribution >= 4 is 29.9 Å². The number of hydrogen-bond donors (Lipinski definition) is 2. The lowest BCUT2D eigenvalue weighted by molar-refractivity contribution is -0.142. The first kappa shape index (κ1) is 23.4. The van der Waals surface area contributed by atoms with Crippen molar-refractivity contribution in [2.45, 2.75) is 57.9 Å². The van der Waals surface area contributed by atoms with Gasteiger partial charge in [-0.15, -0.1) is 24.0 Å². The van der Waals surface area contributed by atoms with Crippen molar-refractivity contribution in [1.82, 2.24) is 35.2 Å². The van der Waals surface area contributed by atoms with Gasteiger partial charge in [-0.05, 0) is 6.42 Å². The van der Waals surface area contributed by atoms with E-state index in [1.165, 1.54) is 13.2 Å². The van der Waals surface area contributed by atoms with E-state index in [0.29, 0.717) is 12.5 Å². The van der Waals surface area contributed by atoms with E-state index in [-0.39, 0.29) is 48.0 Å². The standard InChI is InChI=1S/C17H25F3N8.HI/c1-10(2)15-24-13-6-5-12(9-28(13)26-15)23-16(21-3)22-7-11-8-27(4)25-14(11)17(18,19)20;/h8,10,12H,5-7,9H2,1-4H3,(H2,21,22,23);1H. The SMILES string of the molecule is CN=C(NCc1cn(C)nc1C(F)(F)F)NC1CCc2nc(C(C)C)nn2C1.I. The highest BCUT2D eigenvalue weighted by atomic mass is 127. The van der Waals surface area contributed by atoms with Gasteiger partial charge in [-0.2, -0.15) is 23.4 Å².